The fraction of sp³-hybridized carbons (Fsp3) is 0.474. The summed E-state index contributed by atoms with van der Waals surface area (Å²) in [5.74, 6) is 0.597. The van der Waals surface area contributed by atoms with Crippen LogP contribution in [0, 0.1) is 0 Å². The van der Waals surface area contributed by atoms with Gasteiger partial charge in [0, 0.05) is 37.8 Å². The van der Waals surface area contributed by atoms with Gasteiger partial charge in [-0.1, -0.05) is 6.92 Å². The molecule has 0 aliphatic carbocycles. The van der Waals surface area contributed by atoms with E-state index in [1.165, 1.54) is 0 Å². The molecule has 0 N–H and O–H groups in total. The molecule has 27 heavy (non-hydrogen) atoms. The number of hydrogen-bond acceptors (Lipinski definition) is 6. The van der Waals surface area contributed by atoms with Gasteiger partial charge in [0.1, 0.15) is 6.54 Å². The molecule has 2 aliphatic rings. The van der Waals surface area contributed by atoms with Gasteiger partial charge in [-0.05, 0) is 29.9 Å². The van der Waals surface area contributed by atoms with Crippen molar-refractivity contribution in [3.8, 4) is 0 Å². The average molecular weight is 385 g/mol. The first-order valence-electron chi connectivity index (χ1n) is 9.19. The van der Waals surface area contributed by atoms with Crippen LogP contribution in [0.25, 0.3) is 0 Å². The molecule has 1 unspecified atom stereocenters. The van der Waals surface area contributed by atoms with Crippen LogP contribution in [0.15, 0.2) is 29.2 Å². The highest BCUT2D eigenvalue weighted by Crippen LogP contribution is 2.36. The molecule has 2 saturated heterocycles. The lowest BCUT2D eigenvalue weighted by Crippen LogP contribution is -2.66. The molecule has 1 spiro atoms. The third-order valence-corrected chi connectivity index (χ3v) is 6.20. The first kappa shape index (κ1) is 17.9. The molecule has 2 aromatic heterocycles. The van der Waals surface area contributed by atoms with E-state index in [0.717, 1.165) is 30.6 Å². The summed E-state index contributed by atoms with van der Waals surface area (Å²) in [6.45, 7) is 5.64. The summed E-state index contributed by atoms with van der Waals surface area (Å²) < 4.78 is 0. The van der Waals surface area contributed by atoms with E-state index in [1.807, 2.05) is 34.1 Å². The molecule has 4 heterocycles. The number of carbonyl (C=O) groups is 2. The van der Waals surface area contributed by atoms with Gasteiger partial charge >= 0.3 is 0 Å². The molecule has 0 bridgehead atoms. The lowest BCUT2D eigenvalue weighted by atomic mass is 9.92. The summed E-state index contributed by atoms with van der Waals surface area (Å²) in [7, 11) is 0. The number of hydrogen-bond donors (Lipinski definition) is 0. The van der Waals surface area contributed by atoms with Gasteiger partial charge in [-0.15, -0.1) is 0 Å². The van der Waals surface area contributed by atoms with Crippen molar-refractivity contribution in [2.75, 3.05) is 36.0 Å². The van der Waals surface area contributed by atoms with Crippen molar-refractivity contribution in [2.24, 2.45) is 0 Å². The number of aryl methyl sites for hydroxylation is 1. The fourth-order valence-electron chi connectivity index (χ4n) is 4.02. The molecule has 0 radical (unpaired) electrons. The summed E-state index contributed by atoms with van der Waals surface area (Å²) in [4.78, 5) is 39.7. The molecule has 7 nitrogen and oxygen atoms in total. The number of rotatable bonds is 3. The van der Waals surface area contributed by atoms with Crippen molar-refractivity contribution in [1.82, 2.24) is 14.9 Å². The Morgan fingerprint density at radius 2 is 2.07 bits per heavy atom. The quantitative estimate of drug-likeness (QED) is 0.808. The topological polar surface area (TPSA) is 69.6 Å². The molecule has 8 heteroatoms. The fourth-order valence-corrected chi connectivity index (χ4v) is 4.66. The van der Waals surface area contributed by atoms with Crippen LogP contribution in [0.3, 0.4) is 0 Å². The molecule has 142 valence electrons. The van der Waals surface area contributed by atoms with Crippen molar-refractivity contribution in [2.45, 2.75) is 32.2 Å². The second-order valence-corrected chi connectivity index (χ2v) is 7.99. The van der Waals surface area contributed by atoms with Gasteiger partial charge in [-0.25, -0.2) is 9.97 Å². The van der Waals surface area contributed by atoms with Crippen molar-refractivity contribution >= 4 is 34.8 Å². The summed E-state index contributed by atoms with van der Waals surface area (Å²) in [5, 5.41) is 3.95. The predicted molar refractivity (Wildman–Crippen MR) is 105 cm³/mol. The Balaban J connectivity index is 1.61. The summed E-state index contributed by atoms with van der Waals surface area (Å²) in [6.07, 6.45) is 5.41. The standard InChI is InChI=1S/C19H23N5O2S/c1-3-15-8-20-18(21-9-15)22-6-5-19(12-22)13-23(16-4-7-27-11-16)17(26)10-24(19)14(2)25/h4,7-9,11H,3,5-6,10,12-13H2,1-2H3. The Bertz CT molecular complexity index is 838. The Morgan fingerprint density at radius 1 is 1.30 bits per heavy atom. The van der Waals surface area contributed by atoms with Gasteiger partial charge in [0.2, 0.25) is 17.8 Å². The van der Waals surface area contributed by atoms with Crippen LogP contribution in [0.2, 0.25) is 0 Å². The van der Waals surface area contributed by atoms with Crippen LogP contribution in [-0.4, -0.2) is 58.4 Å². The Morgan fingerprint density at radius 3 is 2.70 bits per heavy atom. The van der Waals surface area contributed by atoms with E-state index in [-0.39, 0.29) is 18.4 Å². The molecule has 0 aromatic carbocycles. The van der Waals surface area contributed by atoms with Crippen LogP contribution in [0.1, 0.15) is 25.8 Å². The van der Waals surface area contributed by atoms with Gasteiger partial charge in [0.05, 0.1) is 17.8 Å². The van der Waals surface area contributed by atoms with Gasteiger partial charge in [-0.3, -0.25) is 9.59 Å². The van der Waals surface area contributed by atoms with E-state index in [4.69, 9.17) is 0 Å². The van der Waals surface area contributed by atoms with E-state index in [1.54, 1.807) is 23.2 Å². The SMILES string of the molecule is CCc1cnc(N2CCC3(C2)CN(c2ccsc2)C(=O)CN3C(C)=O)nc1. The van der Waals surface area contributed by atoms with E-state index in [9.17, 15) is 9.59 Å². The third kappa shape index (κ3) is 3.18. The van der Waals surface area contributed by atoms with Gasteiger partial charge < -0.3 is 14.7 Å². The van der Waals surface area contributed by atoms with Crippen LogP contribution >= 0.6 is 11.3 Å². The second-order valence-electron chi connectivity index (χ2n) is 7.21. The Kier molecular flexibility index (Phi) is 4.59. The van der Waals surface area contributed by atoms with Crippen LogP contribution in [0.4, 0.5) is 11.6 Å². The summed E-state index contributed by atoms with van der Waals surface area (Å²) in [6, 6.07) is 1.96. The highest BCUT2D eigenvalue weighted by Gasteiger charge is 2.50. The minimum absolute atomic E-state index is 0.0313. The van der Waals surface area contributed by atoms with Gasteiger partial charge in [0.15, 0.2) is 0 Å². The van der Waals surface area contributed by atoms with Gasteiger partial charge in [-0.2, -0.15) is 11.3 Å². The number of piperazine rings is 1. The van der Waals surface area contributed by atoms with Crippen LogP contribution in [0.5, 0.6) is 0 Å². The molecule has 4 rings (SSSR count). The molecular formula is C19H23N5O2S. The number of amides is 2. The number of anilines is 2. The minimum Gasteiger partial charge on any atom is -0.338 e. The van der Waals surface area contributed by atoms with E-state index < -0.39 is 5.54 Å². The molecule has 2 aliphatic heterocycles. The van der Waals surface area contributed by atoms with E-state index in [2.05, 4.69) is 21.8 Å². The lowest BCUT2D eigenvalue weighted by Gasteiger charge is -2.47. The second kappa shape index (κ2) is 6.92. The van der Waals surface area contributed by atoms with Crippen molar-refractivity contribution < 1.29 is 9.59 Å². The maximum absolute atomic E-state index is 12.7. The zero-order chi connectivity index (χ0) is 19.0. The highest BCUT2D eigenvalue weighted by molar-refractivity contribution is 7.08. The monoisotopic (exact) mass is 385 g/mol. The molecule has 2 aromatic rings. The number of thiophene rings is 1. The number of carbonyl (C=O) groups excluding carboxylic acids is 2. The van der Waals surface area contributed by atoms with Crippen LogP contribution < -0.4 is 9.80 Å². The Labute approximate surface area is 162 Å². The largest absolute Gasteiger partial charge is 0.338 e. The smallest absolute Gasteiger partial charge is 0.246 e. The zero-order valence-corrected chi connectivity index (χ0v) is 16.4. The summed E-state index contributed by atoms with van der Waals surface area (Å²) in [5.41, 5.74) is 1.61. The summed E-state index contributed by atoms with van der Waals surface area (Å²) >= 11 is 1.57. The van der Waals surface area contributed by atoms with Crippen molar-refractivity contribution in [3.05, 3.63) is 34.8 Å². The molecular weight excluding hydrogens is 362 g/mol. The Hall–Kier alpha value is -2.48. The molecule has 2 fully saturated rings. The molecule has 0 saturated carbocycles. The first-order valence-corrected chi connectivity index (χ1v) is 10.1. The van der Waals surface area contributed by atoms with Crippen molar-refractivity contribution in [1.29, 1.82) is 0 Å². The number of aromatic nitrogens is 2. The zero-order valence-electron chi connectivity index (χ0n) is 15.6. The maximum atomic E-state index is 12.7. The van der Waals surface area contributed by atoms with Crippen molar-refractivity contribution in [3.63, 3.8) is 0 Å². The van der Waals surface area contributed by atoms with E-state index >= 15 is 0 Å². The predicted octanol–water partition coefficient (Wildman–Crippen LogP) is 1.94. The highest BCUT2D eigenvalue weighted by atomic mass is 32.1. The third-order valence-electron chi connectivity index (χ3n) is 5.53. The number of nitrogens with zero attached hydrogens (tertiary/aromatic N) is 5. The normalized spacial score (nSPS) is 22.7. The molecule has 1 atom stereocenters. The maximum Gasteiger partial charge on any atom is 0.246 e. The minimum atomic E-state index is -0.408. The average Bonchev–Trinajstić information content (AvgIpc) is 3.34. The first-order chi connectivity index (χ1) is 13.0. The van der Waals surface area contributed by atoms with E-state index in [0.29, 0.717) is 19.0 Å². The van der Waals surface area contributed by atoms with Gasteiger partial charge in [0.25, 0.3) is 0 Å². The molecule has 2 amide bonds. The lowest BCUT2D eigenvalue weighted by molar-refractivity contribution is -0.142. The van der Waals surface area contributed by atoms with Crippen LogP contribution in [-0.2, 0) is 16.0 Å².